The van der Waals surface area contributed by atoms with Crippen molar-refractivity contribution in [3.05, 3.63) is 150 Å². The van der Waals surface area contributed by atoms with Gasteiger partial charge >= 0.3 is 0 Å². The maximum Gasteiger partial charge on any atom is 0.228 e. The van der Waals surface area contributed by atoms with E-state index >= 15 is 0 Å². The minimum atomic E-state index is -4.15. The SMILES string of the molecule is O=C(Nc1nn(C(c2ccccc2)(c2ccccc2)c2ccccc2)c2ncc(S(=O)(=O)c3cccc(F)c3)cc12)C1CCCCC1. The van der Waals surface area contributed by atoms with Gasteiger partial charge in [-0.25, -0.2) is 22.5 Å². The van der Waals surface area contributed by atoms with Crippen LogP contribution in [0.3, 0.4) is 0 Å². The average Bonchev–Trinajstić information content (AvgIpc) is 3.48. The minimum absolute atomic E-state index is 0.131. The molecule has 1 N–H and O–H groups in total. The van der Waals surface area contributed by atoms with Gasteiger partial charge in [0.25, 0.3) is 0 Å². The zero-order chi connectivity index (χ0) is 32.4. The number of rotatable bonds is 8. The number of nitrogens with zero attached hydrogens (tertiary/aromatic N) is 3. The number of hydrogen-bond acceptors (Lipinski definition) is 5. The monoisotopic (exact) mass is 644 g/mol. The Morgan fingerprint density at radius 1 is 0.745 bits per heavy atom. The molecule has 47 heavy (non-hydrogen) atoms. The highest BCUT2D eigenvalue weighted by Gasteiger charge is 2.42. The first-order valence-corrected chi connectivity index (χ1v) is 17.2. The maximum atomic E-state index is 14.1. The molecule has 0 unspecified atom stereocenters. The Bertz CT molecular complexity index is 2050. The number of benzene rings is 4. The Labute approximate surface area is 273 Å². The van der Waals surface area contributed by atoms with Crippen molar-refractivity contribution in [3.63, 3.8) is 0 Å². The summed E-state index contributed by atoms with van der Waals surface area (Å²) in [4.78, 5) is 18.1. The summed E-state index contributed by atoms with van der Waals surface area (Å²) in [6, 6.07) is 36.1. The average molecular weight is 645 g/mol. The molecule has 0 spiro atoms. The number of anilines is 1. The van der Waals surface area contributed by atoms with Crippen molar-refractivity contribution in [2.45, 2.75) is 47.4 Å². The molecule has 7 rings (SSSR count). The fourth-order valence-corrected chi connectivity index (χ4v) is 7.98. The molecule has 6 aromatic rings. The highest BCUT2D eigenvalue weighted by Crippen LogP contribution is 2.43. The molecule has 9 heteroatoms. The van der Waals surface area contributed by atoms with Crippen molar-refractivity contribution in [2.75, 3.05) is 5.32 Å². The number of fused-ring (bicyclic) bond motifs is 1. The lowest BCUT2D eigenvalue weighted by atomic mass is 9.77. The van der Waals surface area contributed by atoms with Crippen molar-refractivity contribution < 1.29 is 17.6 Å². The molecule has 0 radical (unpaired) electrons. The Morgan fingerprint density at radius 3 is 1.87 bits per heavy atom. The summed E-state index contributed by atoms with van der Waals surface area (Å²) in [7, 11) is -4.15. The van der Waals surface area contributed by atoms with Crippen molar-refractivity contribution in [3.8, 4) is 0 Å². The first-order chi connectivity index (χ1) is 22.9. The van der Waals surface area contributed by atoms with Gasteiger partial charge in [0, 0.05) is 12.1 Å². The normalized spacial score (nSPS) is 14.2. The smallest absolute Gasteiger partial charge is 0.228 e. The molecular weight excluding hydrogens is 612 g/mol. The minimum Gasteiger partial charge on any atom is -0.308 e. The highest BCUT2D eigenvalue weighted by atomic mass is 32.2. The molecule has 1 saturated carbocycles. The second-order valence-electron chi connectivity index (χ2n) is 11.9. The summed E-state index contributed by atoms with van der Waals surface area (Å²) in [5.41, 5.74) is 1.99. The number of hydrogen-bond donors (Lipinski definition) is 1. The summed E-state index contributed by atoms with van der Waals surface area (Å²) in [5, 5.41) is 8.53. The van der Waals surface area contributed by atoms with Gasteiger partial charge in [-0.1, -0.05) is 116 Å². The number of amides is 1. The first-order valence-electron chi connectivity index (χ1n) is 15.8. The number of sulfone groups is 1. The van der Waals surface area contributed by atoms with E-state index < -0.39 is 21.2 Å². The highest BCUT2D eigenvalue weighted by molar-refractivity contribution is 7.91. The van der Waals surface area contributed by atoms with E-state index in [2.05, 4.69) is 5.32 Å². The first kappa shape index (κ1) is 30.5. The number of nitrogens with one attached hydrogen (secondary N) is 1. The molecule has 0 bridgehead atoms. The van der Waals surface area contributed by atoms with Crippen LogP contribution in [0.2, 0.25) is 0 Å². The van der Waals surface area contributed by atoms with Gasteiger partial charge in [0.05, 0.1) is 15.2 Å². The summed E-state index contributed by atoms with van der Waals surface area (Å²) < 4.78 is 43.4. The summed E-state index contributed by atoms with van der Waals surface area (Å²) in [6.45, 7) is 0. The Morgan fingerprint density at radius 2 is 1.32 bits per heavy atom. The predicted molar refractivity (Wildman–Crippen MR) is 179 cm³/mol. The fourth-order valence-electron chi connectivity index (χ4n) is 6.71. The molecule has 236 valence electrons. The third-order valence-electron chi connectivity index (χ3n) is 9.02. The van der Waals surface area contributed by atoms with Crippen LogP contribution in [0.15, 0.2) is 137 Å². The molecular formula is C38H33FN4O3S. The van der Waals surface area contributed by atoms with Crippen LogP contribution in [-0.2, 0) is 20.2 Å². The summed E-state index contributed by atoms with van der Waals surface area (Å²) in [6.07, 6.45) is 5.89. The quantitative estimate of drug-likeness (QED) is 0.171. The van der Waals surface area contributed by atoms with Crippen LogP contribution in [0.5, 0.6) is 0 Å². The summed E-state index contributed by atoms with van der Waals surface area (Å²) >= 11 is 0. The Balaban J connectivity index is 1.52. The van der Waals surface area contributed by atoms with E-state index in [-0.39, 0.29) is 27.4 Å². The summed E-state index contributed by atoms with van der Waals surface area (Å²) in [5.74, 6) is -0.768. The largest absolute Gasteiger partial charge is 0.308 e. The lowest BCUT2D eigenvalue weighted by Crippen LogP contribution is -2.39. The van der Waals surface area contributed by atoms with Crippen molar-refractivity contribution >= 4 is 32.6 Å². The van der Waals surface area contributed by atoms with E-state index in [0.29, 0.717) is 11.0 Å². The van der Waals surface area contributed by atoms with Gasteiger partial charge in [-0.2, -0.15) is 5.10 Å². The molecule has 4 aromatic carbocycles. The van der Waals surface area contributed by atoms with E-state index in [0.717, 1.165) is 54.9 Å². The zero-order valence-electron chi connectivity index (χ0n) is 25.6. The molecule has 7 nitrogen and oxygen atoms in total. The molecule has 0 atom stereocenters. The van der Waals surface area contributed by atoms with E-state index in [1.807, 2.05) is 91.0 Å². The lowest BCUT2D eigenvalue weighted by Gasteiger charge is -2.36. The molecule has 2 heterocycles. The van der Waals surface area contributed by atoms with Crippen LogP contribution in [0.4, 0.5) is 10.2 Å². The van der Waals surface area contributed by atoms with Crippen LogP contribution in [0.25, 0.3) is 11.0 Å². The van der Waals surface area contributed by atoms with E-state index in [4.69, 9.17) is 10.1 Å². The lowest BCUT2D eigenvalue weighted by molar-refractivity contribution is -0.120. The van der Waals surface area contributed by atoms with Crippen LogP contribution in [0, 0.1) is 11.7 Å². The van der Waals surface area contributed by atoms with Crippen LogP contribution in [0.1, 0.15) is 48.8 Å². The van der Waals surface area contributed by atoms with Gasteiger partial charge in [0.1, 0.15) is 11.4 Å². The van der Waals surface area contributed by atoms with E-state index in [9.17, 15) is 17.6 Å². The van der Waals surface area contributed by atoms with E-state index in [1.165, 1.54) is 30.5 Å². The fraction of sp³-hybridized carbons (Fsp3) is 0.184. The Kier molecular flexibility index (Phi) is 8.15. The number of carbonyl (C=O) groups excluding carboxylic acids is 1. The second kappa shape index (κ2) is 12.6. The van der Waals surface area contributed by atoms with Crippen LogP contribution >= 0.6 is 0 Å². The van der Waals surface area contributed by atoms with E-state index in [1.54, 1.807) is 4.68 Å². The maximum absolute atomic E-state index is 14.1. The molecule has 1 aliphatic carbocycles. The van der Waals surface area contributed by atoms with Crippen molar-refractivity contribution in [2.24, 2.45) is 5.92 Å². The van der Waals surface area contributed by atoms with Gasteiger partial charge in [0.2, 0.25) is 15.7 Å². The van der Waals surface area contributed by atoms with Crippen molar-refractivity contribution in [1.82, 2.24) is 14.8 Å². The predicted octanol–water partition coefficient (Wildman–Crippen LogP) is 7.76. The third kappa shape index (κ3) is 5.50. The standard InChI is InChI=1S/C38H33FN4O3S/c39-31-22-13-23-32(24-31)47(45,46)33-25-34-35(41-37(44)27-14-5-1-6-15-27)42-43(36(34)40-26-33)38(28-16-7-2-8-17-28,29-18-9-3-10-19-29)30-20-11-4-12-21-30/h2-4,7-13,16-27H,1,5-6,14-15H2,(H,41,42,44). The molecule has 2 aromatic heterocycles. The third-order valence-corrected chi connectivity index (χ3v) is 10.7. The number of aromatic nitrogens is 3. The van der Waals surface area contributed by atoms with Gasteiger partial charge in [-0.15, -0.1) is 0 Å². The number of pyridine rings is 1. The molecule has 0 aliphatic heterocycles. The second-order valence-corrected chi connectivity index (χ2v) is 13.8. The molecule has 1 amide bonds. The molecule has 0 saturated heterocycles. The van der Waals surface area contributed by atoms with Crippen molar-refractivity contribution in [1.29, 1.82) is 0 Å². The Hall–Kier alpha value is -5.15. The van der Waals surface area contributed by atoms with Gasteiger partial charge in [0.15, 0.2) is 11.5 Å². The van der Waals surface area contributed by atoms with Crippen LogP contribution in [-0.4, -0.2) is 29.1 Å². The van der Waals surface area contributed by atoms with Gasteiger partial charge in [-0.3, -0.25) is 4.79 Å². The number of halogens is 1. The van der Waals surface area contributed by atoms with Gasteiger partial charge in [-0.05, 0) is 53.8 Å². The molecule has 1 aliphatic rings. The zero-order valence-corrected chi connectivity index (χ0v) is 26.4. The number of carbonyl (C=O) groups is 1. The topological polar surface area (TPSA) is 93.9 Å². The van der Waals surface area contributed by atoms with Gasteiger partial charge < -0.3 is 5.32 Å². The molecule has 1 fully saturated rings. The van der Waals surface area contributed by atoms with Crippen LogP contribution < -0.4 is 5.32 Å².